The quantitative estimate of drug-likeness (QED) is 0.793. The van der Waals surface area contributed by atoms with Gasteiger partial charge in [0.25, 0.3) is 0 Å². The minimum Gasteiger partial charge on any atom is -0.489 e. The van der Waals surface area contributed by atoms with Gasteiger partial charge in [-0.05, 0) is 53.4 Å². The topological polar surface area (TPSA) is 44.5 Å². The summed E-state index contributed by atoms with van der Waals surface area (Å²) < 4.78 is 11.9. The smallest absolute Gasteiger partial charge is 0.133 e. The van der Waals surface area contributed by atoms with Gasteiger partial charge in [-0.2, -0.15) is 0 Å². The largest absolute Gasteiger partial charge is 0.489 e. The fraction of sp³-hybridized carbons (Fsp3) is 0.600. The molecular formula is C15H24BrNO2. The van der Waals surface area contributed by atoms with E-state index in [1.165, 1.54) is 5.56 Å². The SMILES string of the molecule is CCC(N)Cc1ccc(OC(C)CCOC)c(Br)c1. The summed E-state index contributed by atoms with van der Waals surface area (Å²) in [5.74, 6) is 0.873. The third kappa shape index (κ3) is 5.93. The van der Waals surface area contributed by atoms with E-state index in [1.807, 2.05) is 13.0 Å². The number of nitrogens with two attached hydrogens (primary N) is 1. The van der Waals surface area contributed by atoms with Crippen molar-refractivity contribution in [3.05, 3.63) is 28.2 Å². The fourth-order valence-corrected chi connectivity index (χ4v) is 2.29. The van der Waals surface area contributed by atoms with Crippen molar-refractivity contribution < 1.29 is 9.47 Å². The number of methoxy groups -OCH3 is 1. The van der Waals surface area contributed by atoms with Crippen molar-refractivity contribution in [2.24, 2.45) is 5.73 Å². The van der Waals surface area contributed by atoms with Gasteiger partial charge in [0.2, 0.25) is 0 Å². The molecule has 0 spiro atoms. The summed E-state index contributed by atoms with van der Waals surface area (Å²) in [5.41, 5.74) is 7.20. The summed E-state index contributed by atoms with van der Waals surface area (Å²) in [5, 5.41) is 0. The van der Waals surface area contributed by atoms with E-state index in [2.05, 4.69) is 35.0 Å². The van der Waals surface area contributed by atoms with Gasteiger partial charge in [-0.15, -0.1) is 0 Å². The number of ether oxygens (including phenoxy) is 2. The highest BCUT2D eigenvalue weighted by Gasteiger charge is 2.09. The van der Waals surface area contributed by atoms with Gasteiger partial charge in [0.1, 0.15) is 5.75 Å². The van der Waals surface area contributed by atoms with E-state index in [9.17, 15) is 0 Å². The Bertz CT molecular complexity index is 384. The predicted molar refractivity (Wildman–Crippen MR) is 82.7 cm³/mol. The molecule has 0 saturated carbocycles. The highest BCUT2D eigenvalue weighted by molar-refractivity contribution is 9.10. The molecular weight excluding hydrogens is 306 g/mol. The van der Waals surface area contributed by atoms with Crippen molar-refractivity contribution in [1.29, 1.82) is 0 Å². The zero-order chi connectivity index (χ0) is 14.3. The molecule has 19 heavy (non-hydrogen) atoms. The maximum atomic E-state index is 5.97. The summed E-state index contributed by atoms with van der Waals surface area (Å²) in [6.07, 6.45) is 2.91. The zero-order valence-electron chi connectivity index (χ0n) is 12.0. The van der Waals surface area contributed by atoms with Crippen molar-refractivity contribution in [3.63, 3.8) is 0 Å². The first-order valence-electron chi connectivity index (χ1n) is 6.76. The Hall–Kier alpha value is -0.580. The van der Waals surface area contributed by atoms with Crippen LogP contribution in [0.2, 0.25) is 0 Å². The third-order valence-corrected chi connectivity index (χ3v) is 3.69. The van der Waals surface area contributed by atoms with E-state index < -0.39 is 0 Å². The Balaban J connectivity index is 2.61. The van der Waals surface area contributed by atoms with E-state index >= 15 is 0 Å². The van der Waals surface area contributed by atoms with Crippen molar-refractivity contribution in [1.82, 2.24) is 0 Å². The molecule has 2 N–H and O–H groups in total. The highest BCUT2D eigenvalue weighted by atomic mass is 79.9. The van der Waals surface area contributed by atoms with Crippen LogP contribution < -0.4 is 10.5 Å². The molecule has 0 radical (unpaired) electrons. The molecule has 0 heterocycles. The summed E-state index contributed by atoms with van der Waals surface area (Å²) in [6, 6.07) is 6.40. The highest BCUT2D eigenvalue weighted by Crippen LogP contribution is 2.27. The molecule has 0 saturated heterocycles. The van der Waals surface area contributed by atoms with Gasteiger partial charge in [0, 0.05) is 26.2 Å². The van der Waals surface area contributed by atoms with Gasteiger partial charge < -0.3 is 15.2 Å². The zero-order valence-corrected chi connectivity index (χ0v) is 13.6. The van der Waals surface area contributed by atoms with Crippen LogP contribution in [0.15, 0.2) is 22.7 Å². The van der Waals surface area contributed by atoms with Crippen molar-refractivity contribution in [2.45, 2.75) is 45.3 Å². The minimum absolute atomic E-state index is 0.139. The van der Waals surface area contributed by atoms with Gasteiger partial charge in [-0.25, -0.2) is 0 Å². The Labute approximate surface area is 124 Å². The predicted octanol–water partition coefficient (Wildman–Crippen LogP) is 3.53. The normalized spacial score (nSPS) is 14.2. The first kappa shape index (κ1) is 16.5. The van der Waals surface area contributed by atoms with Gasteiger partial charge in [-0.3, -0.25) is 0 Å². The van der Waals surface area contributed by atoms with Crippen LogP contribution in [0, 0.1) is 0 Å². The van der Waals surface area contributed by atoms with Gasteiger partial charge in [-0.1, -0.05) is 13.0 Å². The number of benzene rings is 1. The molecule has 1 rings (SSSR count). The molecule has 2 unspecified atom stereocenters. The molecule has 0 amide bonds. The van der Waals surface area contributed by atoms with Crippen LogP contribution in [0.4, 0.5) is 0 Å². The van der Waals surface area contributed by atoms with Crippen molar-refractivity contribution in [3.8, 4) is 5.75 Å². The van der Waals surface area contributed by atoms with Gasteiger partial charge in [0.15, 0.2) is 0 Å². The van der Waals surface area contributed by atoms with E-state index in [0.29, 0.717) is 6.61 Å². The minimum atomic E-state index is 0.139. The lowest BCUT2D eigenvalue weighted by atomic mass is 10.0. The summed E-state index contributed by atoms with van der Waals surface area (Å²) >= 11 is 3.56. The van der Waals surface area contributed by atoms with Crippen LogP contribution in [0.25, 0.3) is 0 Å². The second-order valence-corrected chi connectivity index (χ2v) is 5.70. The molecule has 0 aliphatic heterocycles. The lowest BCUT2D eigenvalue weighted by Gasteiger charge is -2.16. The monoisotopic (exact) mass is 329 g/mol. The molecule has 2 atom stereocenters. The third-order valence-electron chi connectivity index (χ3n) is 3.08. The molecule has 0 aromatic heterocycles. The van der Waals surface area contributed by atoms with E-state index in [-0.39, 0.29) is 12.1 Å². The van der Waals surface area contributed by atoms with Crippen LogP contribution in [-0.2, 0) is 11.2 Å². The second-order valence-electron chi connectivity index (χ2n) is 4.85. The van der Waals surface area contributed by atoms with E-state index in [1.54, 1.807) is 7.11 Å². The number of hydrogen-bond donors (Lipinski definition) is 1. The molecule has 0 aliphatic rings. The summed E-state index contributed by atoms with van der Waals surface area (Å²) in [6.45, 7) is 4.86. The first-order valence-corrected chi connectivity index (χ1v) is 7.55. The average Bonchev–Trinajstić information content (AvgIpc) is 2.39. The molecule has 108 valence electrons. The van der Waals surface area contributed by atoms with Gasteiger partial charge >= 0.3 is 0 Å². The number of hydrogen-bond acceptors (Lipinski definition) is 3. The second kappa shape index (κ2) is 8.56. The molecule has 0 aliphatic carbocycles. The molecule has 4 heteroatoms. The lowest BCUT2D eigenvalue weighted by Crippen LogP contribution is -2.21. The van der Waals surface area contributed by atoms with Crippen LogP contribution in [-0.4, -0.2) is 25.9 Å². The molecule has 0 fully saturated rings. The maximum absolute atomic E-state index is 5.97. The van der Waals surface area contributed by atoms with E-state index in [0.717, 1.165) is 29.5 Å². The van der Waals surface area contributed by atoms with Crippen molar-refractivity contribution >= 4 is 15.9 Å². The molecule has 3 nitrogen and oxygen atoms in total. The van der Waals surface area contributed by atoms with E-state index in [4.69, 9.17) is 15.2 Å². The van der Waals surface area contributed by atoms with Crippen LogP contribution in [0.1, 0.15) is 32.3 Å². The lowest BCUT2D eigenvalue weighted by molar-refractivity contribution is 0.134. The molecule has 1 aromatic rings. The Morgan fingerprint density at radius 3 is 2.68 bits per heavy atom. The van der Waals surface area contributed by atoms with Crippen LogP contribution >= 0.6 is 15.9 Å². The first-order chi connectivity index (χ1) is 9.06. The average molecular weight is 330 g/mol. The number of halogens is 1. The summed E-state index contributed by atoms with van der Waals surface area (Å²) in [4.78, 5) is 0. The Kier molecular flexibility index (Phi) is 7.42. The Morgan fingerprint density at radius 1 is 1.37 bits per heavy atom. The molecule has 1 aromatic carbocycles. The maximum Gasteiger partial charge on any atom is 0.133 e. The van der Waals surface area contributed by atoms with Crippen LogP contribution in [0.5, 0.6) is 5.75 Å². The van der Waals surface area contributed by atoms with Gasteiger partial charge in [0.05, 0.1) is 10.6 Å². The number of rotatable bonds is 8. The summed E-state index contributed by atoms with van der Waals surface area (Å²) in [7, 11) is 1.70. The fourth-order valence-electron chi connectivity index (χ4n) is 1.77. The van der Waals surface area contributed by atoms with Crippen molar-refractivity contribution in [2.75, 3.05) is 13.7 Å². The van der Waals surface area contributed by atoms with Crippen LogP contribution in [0.3, 0.4) is 0 Å². The molecule has 0 bridgehead atoms. The Morgan fingerprint density at radius 2 is 2.11 bits per heavy atom. The standard InChI is InChI=1S/C15H24BrNO2/c1-4-13(17)9-12-5-6-15(14(16)10-12)19-11(2)7-8-18-3/h5-6,10-11,13H,4,7-9,17H2,1-3H3.